The van der Waals surface area contributed by atoms with Gasteiger partial charge >= 0.3 is 0 Å². The number of anilines is 1. The lowest BCUT2D eigenvalue weighted by Crippen LogP contribution is -2.60. The van der Waals surface area contributed by atoms with E-state index in [4.69, 9.17) is 10.5 Å². The first-order chi connectivity index (χ1) is 9.06. The van der Waals surface area contributed by atoms with Gasteiger partial charge in [0.2, 0.25) is 5.91 Å². The van der Waals surface area contributed by atoms with Gasteiger partial charge in [-0.2, -0.15) is 0 Å². The van der Waals surface area contributed by atoms with E-state index in [0.29, 0.717) is 19.6 Å². The molecule has 1 aliphatic carbocycles. The van der Waals surface area contributed by atoms with Crippen LogP contribution in [0.5, 0.6) is 0 Å². The molecule has 0 unspecified atom stereocenters. The second kappa shape index (κ2) is 3.38. The molecule has 0 spiro atoms. The largest absolute Gasteiger partial charge is 0.379 e. The molecule has 2 heterocycles. The molecular weight excluding hydrogens is 240 g/mol. The molecule has 1 saturated carbocycles. The molecule has 19 heavy (non-hydrogen) atoms. The summed E-state index contributed by atoms with van der Waals surface area (Å²) in [7, 11) is 1.83. The van der Waals surface area contributed by atoms with Gasteiger partial charge in [0.15, 0.2) is 0 Å². The van der Waals surface area contributed by atoms with Crippen molar-refractivity contribution in [2.75, 3.05) is 25.2 Å². The minimum atomic E-state index is -0.0893. The van der Waals surface area contributed by atoms with Crippen molar-refractivity contribution in [3.63, 3.8) is 0 Å². The minimum Gasteiger partial charge on any atom is -0.379 e. The van der Waals surface area contributed by atoms with E-state index >= 15 is 0 Å². The Morgan fingerprint density at radius 3 is 2.63 bits per heavy atom. The number of nitrogens with zero attached hydrogens (tertiary/aromatic N) is 1. The second-order valence-corrected chi connectivity index (χ2v) is 6.20. The van der Waals surface area contributed by atoms with Crippen molar-refractivity contribution in [1.29, 1.82) is 0 Å². The molecule has 1 aromatic rings. The number of likely N-dealkylation sites (N-methyl/N-ethyl adjacent to an activating group) is 1. The Balaban J connectivity index is 1.78. The van der Waals surface area contributed by atoms with E-state index < -0.39 is 0 Å². The van der Waals surface area contributed by atoms with Gasteiger partial charge in [-0.3, -0.25) is 4.79 Å². The van der Waals surface area contributed by atoms with Gasteiger partial charge in [-0.05, 0) is 30.0 Å². The highest BCUT2D eigenvalue weighted by atomic mass is 16.5. The summed E-state index contributed by atoms with van der Waals surface area (Å²) in [5.74, 6) is 0.167. The summed E-state index contributed by atoms with van der Waals surface area (Å²) in [6, 6.07) is 6.36. The van der Waals surface area contributed by atoms with Gasteiger partial charge in [-0.1, -0.05) is 12.1 Å². The number of rotatable bonds is 2. The lowest BCUT2D eigenvalue weighted by atomic mass is 9.70. The van der Waals surface area contributed by atoms with Crippen LogP contribution >= 0.6 is 0 Å². The Labute approximate surface area is 112 Å². The van der Waals surface area contributed by atoms with Crippen molar-refractivity contribution in [3.05, 3.63) is 29.3 Å². The number of carbonyl (C=O) groups is 1. The third-order valence-electron chi connectivity index (χ3n) is 5.15. The molecule has 4 rings (SSSR count). The Hall–Kier alpha value is -1.39. The van der Waals surface area contributed by atoms with Gasteiger partial charge in [0.05, 0.1) is 25.0 Å². The zero-order valence-corrected chi connectivity index (χ0v) is 11.1. The summed E-state index contributed by atoms with van der Waals surface area (Å²) < 4.78 is 5.46. The number of nitrogens with two attached hydrogens (primary N) is 1. The third-order valence-corrected chi connectivity index (χ3v) is 5.15. The lowest BCUT2D eigenvalue weighted by Gasteiger charge is -2.47. The molecule has 2 fully saturated rings. The van der Waals surface area contributed by atoms with Crippen molar-refractivity contribution >= 4 is 11.6 Å². The average Bonchev–Trinajstić information content (AvgIpc) is 2.99. The molecule has 4 heteroatoms. The van der Waals surface area contributed by atoms with Crippen molar-refractivity contribution in [2.45, 2.75) is 30.2 Å². The van der Waals surface area contributed by atoms with E-state index in [1.54, 1.807) is 4.90 Å². The first kappa shape index (κ1) is 11.4. The van der Waals surface area contributed by atoms with Crippen LogP contribution in [0.4, 0.5) is 5.69 Å². The molecule has 2 aliphatic heterocycles. The van der Waals surface area contributed by atoms with Gasteiger partial charge < -0.3 is 15.4 Å². The maximum absolute atomic E-state index is 11.8. The molecule has 0 radical (unpaired) electrons. The van der Waals surface area contributed by atoms with Crippen LogP contribution in [0.1, 0.15) is 24.0 Å². The summed E-state index contributed by atoms with van der Waals surface area (Å²) in [6.07, 6.45) is 2.66. The van der Waals surface area contributed by atoms with Crippen LogP contribution in [0.15, 0.2) is 18.2 Å². The van der Waals surface area contributed by atoms with Crippen molar-refractivity contribution in [3.8, 4) is 0 Å². The zero-order chi connectivity index (χ0) is 13.3. The van der Waals surface area contributed by atoms with Crippen LogP contribution in [-0.2, 0) is 21.4 Å². The van der Waals surface area contributed by atoms with Crippen LogP contribution in [0.2, 0.25) is 0 Å². The Bertz CT molecular complexity index is 574. The molecular formula is C15H18N2O2. The molecule has 1 aromatic carbocycles. The molecule has 4 nitrogen and oxygen atoms in total. The average molecular weight is 258 g/mol. The summed E-state index contributed by atoms with van der Waals surface area (Å²) >= 11 is 0. The quantitative estimate of drug-likeness (QED) is 0.860. The van der Waals surface area contributed by atoms with Crippen molar-refractivity contribution < 1.29 is 9.53 Å². The predicted molar refractivity (Wildman–Crippen MR) is 72.2 cm³/mol. The number of benzene rings is 1. The molecule has 100 valence electrons. The van der Waals surface area contributed by atoms with E-state index in [0.717, 1.165) is 24.1 Å². The fourth-order valence-electron chi connectivity index (χ4n) is 3.43. The fraction of sp³-hybridized carbons (Fsp3) is 0.533. The zero-order valence-electron chi connectivity index (χ0n) is 11.1. The molecule has 0 atom stereocenters. The highest BCUT2D eigenvalue weighted by molar-refractivity contribution is 6.01. The molecule has 1 amide bonds. The van der Waals surface area contributed by atoms with Crippen LogP contribution in [-0.4, -0.2) is 31.7 Å². The smallest absolute Gasteiger partial charge is 0.231 e. The highest BCUT2D eigenvalue weighted by Crippen LogP contribution is 2.53. The second-order valence-electron chi connectivity index (χ2n) is 6.20. The van der Waals surface area contributed by atoms with Gasteiger partial charge in [0, 0.05) is 18.3 Å². The SMILES string of the molecule is CN1C(=O)Cc2cc(C3(C4(N)CC4)COC3)ccc21. The van der Waals surface area contributed by atoms with Gasteiger partial charge in [0.25, 0.3) is 0 Å². The maximum Gasteiger partial charge on any atom is 0.231 e. The standard InChI is InChI=1S/C15H18N2O2/c1-17-12-3-2-11(6-10(12)7-13(17)18)14(8-19-9-14)15(16)4-5-15/h2-3,6H,4-5,7-9,16H2,1H3. The predicted octanol–water partition coefficient (Wildman–Crippen LogP) is 0.965. The van der Waals surface area contributed by atoms with Gasteiger partial charge in [-0.15, -0.1) is 0 Å². The summed E-state index contributed by atoms with van der Waals surface area (Å²) in [5.41, 5.74) is 9.76. The summed E-state index contributed by atoms with van der Waals surface area (Å²) in [4.78, 5) is 13.5. The minimum absolute atomic E-state index is 0.0216. The number of ether oxygens (including phenoxy) is 1. The van der Waals surface area contributed by atoms with E-state index in [1.165, 1.54) is 5.56 Å². The van der Waals surface area contributed by atoms with Crippen LogP contribution in [0.25, 0.3) is 0 Å². The van der Waals surface area contributed by atoms with Crippen LogP contribution < -0.4 is 10.6 Å². The molecule has 2 N–H and O–H groups in total. The Morgan fingerprint density at radius 2 is 2.05 bits per heavy atom. The van der Waals surface area contributed by atoms with E-state index in [-0.39, 0.29) is 16.9 Å². The van der Waals surface area contributed by atoms with Crippen molar-refractivity contribution in [1.82, 2.24) is 0 Å². The molecule has 0 bridgehead atoms. The topological polar surface area (TPSA) is 55.6 Å². The first-order valence-corrected chi connectivity index (χ1v) is 6.82. The third kappa shape index (κ3) is 1.33. The number of carbonyl (C=O) groups excluding carboxylic acids is 1. The summed E-state index contributed by atoms with van der Waals surface area (Å²) in [6.45, 7) is 1.43. The number of amides is 1. The number of fused-ring (bicyclic) bond motifs is 1. The van der Waals surface area contributed by atoms with Gasteiger partial charge in [0.1, 0.15) is 0 Å². The highest BCUT2D eigenvalue weighted by Gasteiger charge is 2.61. The van der Waals surface area contributed by atoms with E-state index in [2.05, 4.69) is 18.2 Å². The maximum atomic E-state index is 11.8. The summed E-state index contributed by atoms with van der Waals surface area (Å²) in [5, 5.41) is 0. The normalized spacial score (nSPS) is 26.0. The molecule has 0 aromatic heterocycles. The number of hydrogen-bond donors (Lipinski definition) is 1. The Kier molecular flexibility index (Phi) is 2.03. The first-order valence-electron chi connectivity index (χ1n) is 6.82. The van der Waals surface area contributed by atoms with Crippen LogP contribution in [0, 0.1) is 0 Å². The molecule has 3 aliphatic rings. The molecule has 1 saturated heterocycles. The van der Waals surface area contributed by atoms with Gasteiger partial charge in [-0.25, -0.2) is 0 Å². The number of hydrogen-bond acceptors (Lipinski definition) is 3. The van der Waals surface area contributed by atoms with E-state index in [9.17, 15) is 4.79 Å². The van der Waals surface area contributed by atoms with Crippen LogP contribution in [0.3, 0.4) is 0 Å². The Morgan fingerprint density at radius 1 is 1.32 bits per heavy atom. The monoisotopic (exact) mass is 258 g/mol. The lowest BCUT2D eigenvalue weighted by molar-refractivity contribution is -0.117. The fourth-order valence-corrected chi connectivity index (χ4v) is 3.43. The van der Waals surface area contributed by atoms with E-state index in [1.807, 2.05) is 7.05 Å². The van der Waals surface area contributed by atoms with Crippen molar-refractivity contribution in [2.24, 2.45) is 5.73 Å².